The maximum absolute atomic E-state index is 11.8. The zero-order chi connectivity index (χ0) is 11.7. The molecule has 0 heterocycles. The second-order valence-corrected chi connectivity index (χ2v) is 4.93. The average molecular weight is 284 g/mol. The third kappa shape index (κ3) is 2.28. The fourth-order valence-electron chi connectivity index (χ4n) is 1.87. The quantitative estimate of drug-likeness (QED) is 0.798. The second kappa shape index (κ2) is 4.55. The molecule has 1 saturated carbocycles. The standard InChI is InChI=1S/C12H14BrNO2/c1-14(16-2)12(15)11-7-10(11)8-3-5-9(13)6-4-8/h3-6,10-11H,7H2,1-2H3/t10-,11-/m1/s1. The number of halogens is 1. The van der Waals surface area contributed by atoms with E-state index >= 15 is 0 Å². The molecule has 0 unspecified atom stereocenters. The minimum atomic E-state index is 0.0652. The van der Waals surface area contributed by atoms with Crippen LogP contribution in [0.1, 0.15) is 17.9 Å². The van der Waals surface area contributed by atoms with E-state index < -0.39 is 0 Å². The summed E-state index contributed by atoms with van der Waals surface area (Å²) in [5.74, 6) is 0.514. The van der Waals surface area contributed by atoms with Gasteiger partial charge in [-0.15, -0.1) is 0 Å². The zero-order valence-corrected chi connectivity index (χ0v) is 10.9. The van der Waals surface area contributed by atoms with E-state index in [2.05, 4.69) is 28.1 Å². The van der Waals surface area contributed by atoms with Crippen LogP contribution in [-0.2, 0) is 9.63 Å². The fourth-order valence-corrected chi connectivity index (χ4v) is 2.13. The van der Waals surface area contributed by atoms with E-state index in [0.717, 1.165) is 10.9 Å². The largest absolute Gasteiger partial charge is 0.275 e. The number of hydrogen-bond acceptors (Lipinski definition) is 2. The number of amides is 1. The summed E-state index contributed by atoms with van der Waals surface area (Å²) in [6.45, 7) is 0. The highest BCUT2D eigenvalue weighted by Gasteiger charge is 2.45. The van der Waals surface area contributed by atoms with Gasteiger partial charge in [-0.25, -0.2) is 5.06 Å². The first-order valence-corrected chi connectivity index (χ1v) is 6.00. The van der Waals surface area contributed by atoms with Crippen molar-refractivity contribution in [3.63, 3.8) is 0 Å². The van der Waals surface area contributed by atoms with Crippen LogP contribution in [0.4, 0.5) is 0 Å². The molecule has 1 aromatic carbocycles. The van der Waals surface area contributed by atoms with Crippen LogP contribution in [0.2, 0.25) is 0 Å². The molecular formula is C12H14BrNO2. The molecule has 1 aliphatic rings. The van der Waals surface area contributed by atoms with Gasteiger partial charge in [-0.05, 0) is 30.0 Å². The summed E-state index contributed by atoms with van der Waals surface area (Å²) in [4.78, 5) is 16.7. The summed E-state index contributed by atoms with van der Waals surface area (Å²) >= 11 is 3.40. The zero-order valence-electron chi connectivity index (χ0n) is 9.31. The fraction of sp³-hybridized carbons (Fsp3) is 0.417. The van der Waals surface area contributed by atoms with E-state index in [1.807, 2.05) is 12.1 Å². The van der Waals surface area contributed by atoms with Gasteiger partial charge in [0.05, 0.1) is 7.11 Å². The third-order valence-corrected chi connectivity index (χ3v) is 3.52. The van der Waals surface area contributed by atoms with Crippen LogP contribution in [0.5, 0.6) is 0 Å². The topological polar surface area (TPSA) is 29.5 Å². The number of carbonyl (C=O) groups is 1. The van der Waals surface area contributed by atoms with Gasteiger partial charge in [-0.3, -0.25) is 9.63 Å². The number of nitrogens with zero attached hydrogens (tertiary/aromatic N) is 1. The molecule has 2 atom stereocenters. The first-order chi connectivity index (χ1) is 7.63. The SMILES string of the molecule is CON(C)C(=O)[C@@H]1C[C@@H]1c1ccc(Br)cc1. The predicted octanol–water partition coefficient (Wildman–Crippen LogP) is 2.57. The molecule has 0 aromatic heterocycles. The Morgan fingerprint density at radius 3 is 2.62 bits per heavy atom. The molecule has 86 valence electrons. The first-order valence-electron chi connectivity index (χ1n) is 5.20. The molecule has 1 aromatic rings. The van der Waals surface area contributed by atoms with Gasteiger partial charge in [0.1, 0.15) is 0 Å². The highest BCUT2D eigenvalue weighted by atomic mass is 79.9. The van der Waals surface area contributed by atoms with Crippen molar-refractivity contribution in [3.05, 3.63) is 34.3 Å². The summed E-state index contributed by atoms with van der Waals surface area (Å²) in [7, 11) is 3.16. The molecule has 3 nitrogen and oxygen atoms in total. The Labute approximate surface area is 103 Å². The third-order valence-electron chi connectivity index (χ3n) is 2.99. The molecule has 4 heteroatoms. The second-order valence-electron chi connectivity index (χ2n) is 4.02. The van der Waals surface area contributed by atoms with Crippen LogP contribution in [0.25, 0.3) is 0 Å². The van der Waals surface area contributed by atoms with Crippen molar-refractivity contribution in [2.24, 2.45) is 5.92 Å². The lowest BCUT2D eigenvalue weighted by molar-refractivity contribution is -0.170. The van der Waals surface area contributed by atoms with Gasteiger partial charge in [0.15, 0.2) is 0 Å². The van der Waals surface area contributed by atoms with Gasteiger partial charge in [-0.2, -0.15) is 0 Å². The smallest absolute Gasteiger partial charge is 0.249 e. The van der Waals surface area contributed by atoms with Crippen molar-refractivity contribution >= 4 is 21.8 Å². The number of benzene rings is 1. The van der Waals surface area contributed by atoms with E-state index in [4.69, 9.17) is 4.84 Å². The molecule has 0 spiro atoms. The molecule has 16 heavy (non-hydrogen) atoms. The Kier molecular flexibility index (Phi) is 3.30. The highest BCUT2D eigenvalue weighted by molar-refractivity contribution is 9.10. The molecule has 1 fully saturated rings. The van der Waals surface area contributed by atoms with Crippen LogP contribution in [0.3, 0.4) is 0 Å². The van der Waals surface area contributed by atoms with Crippen LogP contribution in [-0.4, -0.2) is 25.1 Å². The van der Waals surface area contributed by atoms with Crippen LogP contribution in [0, 0.1) is 5.92 Å². The predicted molar refractivity (Wildman–Crippen MR) is 64.8 cm³/mol. The minimum Gasteiger partial charge on any atom is -0.275 e. The summed E-state index contributed by atoms with van der Waals surface area (Å²) in [6.07, 6.45) is 0.925. The van der Waals surface area contributed by atoms with Crippen molar-refractivity contribution in [2.45, 2.75) is 12.3 Å². The molecule has 0 N–H and O–H groups in total. The molecular weight excluding hydrogens is 270 g/mol. The van der Waals surface area contributed by atoms with E-state index in [-0.39, 0.29) is 11.8 Å². The van der Waals surface area contributed by atoms with Crippen molar-refractivity contribution < 1.29 is 9.63 Å². The van der Waals surface area contributed by atoms with Crippen LogP contribution in [0.15, 0.2) is 28.7 Å². The van der Waals surface area contributed by atoms with E-state index in [0.29, 0.717) is 5.92 Å². The molecule has 0 radical (unpaired) electrons. The van der Waals surface area contributed by atoms with Gasteiger partial charge >= 0.3 is 0 Å². The van der Waals surface area contributed by atoms with Crippen molar-refractivity contribution in [3.8, 4) is 0 Å². The number of carbonyl (C=O) groups excluding carboxylic acids is 1. The lowest BCUT2D eigenvalue weighted by atomic mass is 10.1. The molecule has 1 amide bonds. The number of hydrogen-bond donors (Lipinski definition) is 0. The van der Waals surface area contributed by atoms with Gasteiger partial charge in [0.25, 0.3) is 0 Å². The van der Waals surface area contributed by atoms with Gasteiger partial charge in [0.2, 0.25) is 5.91 Å². The molecule has 1 aliphatic carbocycles. The van der Waals surface area contributed by atoms with Gasteiger partial charge in [0, 0.05) is 17.4 Å². The number of rotatable bonds is 3. The van der Waals surface area contributed by atoms with Gasteiger partial charge < -0.3 is 0 Å². The van der Waals surface area contributed by atoms with Crippen molar-refractivity contribution in [1.29, 1.82) is 0 Å². The Hall–Kier alpha value is -0.870. The Balaban J connectivity index is 2.01. The summed E-state index contributed by atoms with van der Waals surface area (Å²) in [5, 5.41) is 1.31. The Morgan fingerprint density at radius 1 is 1.44 bits per heavy atom. The van der Waals surface area contributed by atoms with E-state index in [1.54, 1.807) is 7.05 Å². The maximum Gasteiger partial charge on any atom is 0.249 e. The lowest BCUT2D eigenvalue weighted by Crippen LogP contribution is -2.27. The van der Waals surface area contributed by atoms with Crippen LogP contribution >= 0.6 is 15.9 Å². The van der Waals surface area contributed by atoms with E-state index in [9.17, 15) is 4.79 Å². The monoisotopic (exact) mass is 283 g/mol. The average Bonchev–Trinajstić information content (AvgIpc) is 3.08. The maximum atomic E-state index is 11.8. The minimum absolute atomic E-state index is 0.0652. The van der Waals surface area contributed by atoms with Crippen LogP contribution < -0.4 is 0 Å². The molecule has 0 saturated heterocycles. The van der Waals surface area contributed by atoms with E-state index in [1.165, 1.54) is 17.7 Å². The van der Waals surface area contributed by atoms with Gasteiger partial charge in [-0.1, -0.05) is 28.1 Å². The van der Waals surface area contributed by atoms with Crippen molar-refractivity contribution in [1.82, 2.24) is 5.06 Å². The first kappa shape index (κ1) is 11.6. The Bertz CT molecular complexity index is 391. The van der Waals surface area contributed by atoms with Crippen molar-refractivity contribution in [2.75, 3.05) is 14.2 Å². The molecule has 0 aliphatic heterocycles. The molecule has 2 rings (SSSR count). The normalized spacial score (nSPS) is 22.9. The lowest BCUT2D eigenvalue weighted by Gasteiger charge is -2.13. The Morgan fingerprint density at radius 2 is 2.06 bits per heavy atom. The molecule has 0 bridgehead atoms. The summed E-state index contributed by atoms with van der Waals surface area (Å²) in [6, 6.07) is 8.15. The highest BCUT2D eigenvalue weighted by Crippen LogP contribution is 2.48. The summed E-state index contributed by atoms with van der Waals surface area (Å²) in [5.41, 5.74) is 1.23. The summed E-state index contributed by atoms with van der Waals surface area (Å²) < 4.78 is 1.06. The number of hydroxylamine groups is 2.